The zero-order valence-corrected chi connectivity index (χ0v) is 14.3. The highest BCUT2D eigenvalue weighted by atomic mass is 32.2. The van der Waals surface area contributed by atoms with Gasteiger partial charge in [0.1, 0.15) is 0 Å². The molecule has 0 saturated carbocycles. The van der Waals surface area contributed by atoms with Gasteiger partial charge in [0.25, 0.3) is 0 Å². The number of nitrogens with two attached hydrogens (primary N) is 1. The maximum Gasteiger partial charge on any atom is 0.240 e. The summed E-state index contributed by atoms with van der Waals surface area (Å²) in [4.78, 5) is 12.2. The number of carbonyl (C=O) groups is 1. The third-order valence-electron chi connectivity index (χ3n) is 3.38. The van der Waals surface area contributed by atoms with Crippen molar-refractivity contribution in [2.45, 2.75) is 44.2 Å². The third kappa shape index (κ3) is 5.08. The van der Waals surface area contributed by atoms with Crippen LogP contribution in [0.3, 0.4) is 0 Å². The molecule has 1 unspecified atom stereocenters. The van der Waals surface area contributed by atoms with Crippen LogP contribution in [0.25, 0.3) is 0 Å². The van der Waals surface area contributed by atoms with Crippen molar-refractivity contribution in [1.82, 2.24) is 10.0 Å². The number of hydrogen-bond donors (Lipinski definition) is 3. The molecular formula is C15H25N3O3S. The predicted octanol–water partition coefficient (Wildman–Crippen LogP) is 1.15. The summed E-state index contributed by atoms with van der Waals surface area (Å²) >= 11 is 0. The molecule has 1 aromatic rings. The van der Waals surface area contributed by atoms with Crippen molar-refractivity contribution in [1.29, 1.82) is 0 Å². The minimum atomic E-state index is -3.45. The number of amides is 1. The fraction of sp³-hybridized carbons (Fsp3) is 0.533. The molecule has 1 rings (SSSR count). The van der Waals surface area contributed by atoms with Crippen molar-refractivity contribution in [3.63, 3.8) is 0 Å². The monoisotopic (exact) mass is 327 g/mol. The quantitative estimate of drug-likeness (QED) is 0.699. The summed E-state index contributed by atoms with van der Waals surface area (Å²) in [5, 5.41) is 2.84. The van der Waals surface area contributed by atoms with E-state index in [9.17, 15) is 13.2 Å². The van der Waals surface area contributed by atoms with E-state index >= 15 is 0 Å². The van der Waals surface area contributed by atoms with E-state index in [1.165, 1.54) is 19.2 Å². The molecule has 0 aromatic heterocycles. The first-order chi connectivity index (χ1) is 10.2. The zero-order chi connectivity index (χ0) is 16.9. The summed E-state index contributed by atoms with van der Waals surface area (Å²) in [5.74, 6) is 0.148. The number of sulfonamides is 1. The Morgan fingerprint density at radius 1 is 1.18 bits per heavy atom. The lowest BCUT2D eigenvalue weighted by atomic mass is 10.0. The molecule has 0 spiro atoms. The highest BCUT2D eigenvalue weighted by molar-refractivity contribution is 7.89. The van der Waals surface area contributed by atoms with Gasteiger partial charge in [0.15, 0.2) is 0 Å². The highest BCUT2D eigenvalue weighted by Crippen LogP contribution is 2.16. The highest BCUT2D eigenvalue weighted by Gasteiger charge is 2.18. The van der Waals surface area contributed by atoms with E-state index in [0.29, 0.717) is 12.3 Å². The molecule has 6 nitrogen and oxygen atoms in total. The molecule has 7 heteroatoms. The third-order valence-corrected chi connectivity index (χ3v) is 4.81. The van der Waals surface area contributed by atoms with Gasteiger partial charge in [-0.3, -0.25) is 4.79 Å². The van der Waals surface area contributed by atoms with Crippen LogP contribution in [0.1, 0.15) is 38.8 Å². The van der Waals surface area contributed by atoms with Gasteiger partial charge in [-0.25, -0.2) is 13.1 Å². The minimum Gasteiger partial charge on any atom is -0.348 e. The molecule has 0 aliphatic heterocycles. The fourth-order valence-corrected chi connectivity index (χ4v) is 2.80. The number of hydrogen-bond acceptors (Lipinski definition) is 4. The Balaban J connectivity index is 2.74. The van der Waals surface area contributed by atoms with Gasteiger partial charge in [0.05, 0.1) is 17.0 Å². The van der Waals surface area contributed by atoms with Gasteiger partial charge in [-0.2, -0.15) is 0 Å². The average molecular weight is 327 g/mol. The lowest BCUT2D eigenvalue weighted by Crippen LogP contribution is -2.42. The predicted molar refractivity (Wildman–Crippen MR) is 86.7 cm³/mol. The molecule has 0 aliphatic carbocycles. The summed E-state index contributed by atoms with van der Waals surface area (Å²) in [6.07, 6.45) is 0.623. The van der Waals surface area contributed by atoms with Crippen LogP contribution in [0, 0.1) is 5.92 Å². The molecule has 4 N–H and O–H groups in total. The van der Waals surface area contributed by atoms with Crippen molar-refractivity contribution in [3.05, 3.63) is 29.8 Å². The maximum atomic E-state index is 12.0. The van der Waals surface area contributed by atoms with E-state index in [1.807, 2.05) is 20.8 Å². The lowest BCUT2D eigenvalue weighted by molar-refractivity contribution is -0.123. The van der Waals surface area contributed by atoms with Gasteiger partial charge in [-0.15, -0.1) is 0 Å². The van der Waals surface area contributed by atoms with Gasteiger partial charge in [-0.1, -0.05) is 26.0 Å². The second-order valence-corrected chi connectivity index (χ2v) is 7.63. The largest absolute Gasteiger partial charge is 0.348 e. The first-order valence-electron chi connectivity index (χ1n) is 7.26. The first kappa shape index (κ1) is 18.6. The summed E-state index contributed by atoms with van der Waals surface area (Å²) in [6.45, 7) is 5.86. The second kappa shape index (κ2) is 7.71. The SMILES string of the molecule is CNS(=O)(=O)c1ccc(C(C)NC(=O)[C@@H](N)CC(C)C)cc1. The zero-order valence-electron chi connectivity index (χ0n) is 13.5. The summed E-state index contributed by atoms with van der Waals surface area (Å²) in [6, 6.07) is 5.62. The summed E-state index contributed by atoms with van der Waals surface area (Å²) < 4.78 is 25.6. The van der Waals surface area contributed by atoms with Crippen molar-refractivity contribution >= 4 is 15.9 Å². The Bertz CT molecular complexity index is 597. The first-order valence-corrected chi connectivity index (χ1v) is 8.75. The maximum absolute atomic E-state index is 12.0. The number of carbonyl (C=O) groups excluding carboxylic acids is 1. The Kier molecular flexibility index (Phi) is 6.52. The van der Waals surface area contributed by atoms with E-state index in [2.05, 4.69) is 10.0 Å². The van der Waals surface area contributed by atoms with Gasteiger partial charge < -0.3 is 11.1 Å². The van der Waals surface area contributed by atoms with E-state index in [1.54, 1.807) is 12.1 Å². The molecule has 0 aliphatic rings. The van der Waals surface area contributed by atoms with Gasteiger partial charge in [-0.05, 0) is 44.0 Å². The van der Waals surface area contributed by atoms with E-state index in [4.69, 9.17) is 5.73 Å². The Morgan fingerprint density at radius 2 is 1.73 bits per heavy atom. The van der Waals surface area contributed by atoms with Gasteiger partial charge in [0, 0.05) is 0 Å². The van der Waals surface area contributed by atoms with Gasteiger partial charge in [0.2, 0.25) is 15.9 Å². The number of benzene rings is 1. The van der Waals surface area contributed by atoms with Crippen LogP contribution in [-0.2, 0) is 14.8 Å². The standard InChI is InChI=1S/C15H25N3O3S/c1-10(2)9-14(16)15(19)18-11(3)12-5-7-13(8-6-12)22(20,21)17-4/h5-8,10-11,14,17H,9,16H2,1-4H3,(H,18,19)/t11?,14-/m0/s1. The van der Waals surface area contributed by atoms with Crippen molar-refractivity contribution in [2.24, 2.45) is 11.7 Å². The molecule has 0 radical (unpaired) electrons. The Hall–Kier alpha value is -1.44. The van der Waals surface area contributed by atoms with Crippen LogP contribution in [0.4, 0.5) is 0 Å². The van der Waals surface area contributed by atoms with E-state index < -0.39 is 16.1 Å². The van der Waals surface area contributed by atoms with Gasteiger partial charge >= 0.3 is 0 Å². The molecule has 2 atom stereocenters. The smallest absolute Gasteiger partial charge is 0.240 e. The molecule has 1 aromatic carbocycles. The van der Waals surface area contributed by atoms with Crippen LogP contribution >= 0.6 is 0 Å². The summed E-state index contributed by atoms with van der Waals surface area (Å²) in [7, 11) is -2.08. The minimum absolute atomic E-state index is 0.189. The molecule has 0 fully saturated rings. The van der Waals surface area contributed by atoms with Crippen LogP contribution in [0.15, 0.2) is 29.2 Å². The Morgan fingerprint density at radius 3 is 2.18 bits per heavy atom. The van der Waals surface area contributed by atoms with Crippen molar-refractivity contribution in [3.8, 4) is 0 Å². The fourth-order valence-electron chi connectivity index (χ4n) is 2.07. The Labute approximate surface area is 132 Å². The van der Waals surface area contributed by atoms with Crippen LogP contribution in [0.5, 0.6) is 0 Å². The van der Waals surface area contributed by atoms with Crippen LogP contribution < -0.4 is 15.8 Å². The molecule has 1 amide bonds. The summed E-state index contributed by atoms with van der Waals surface area (Å²) in [5.41, 5.74) is 6.66. The van der Waals surface area contributed by atoms with Crippen LogP contribution in [-0.4, -0.2) is 27.4 Å². The average Bonchev–Trinajstić information content (AvgIpc) is 2.46. The number of rotatable bonds is 7. The molecule has 0 bridgehead atoms. The van der Waals surface area contributed by atoms with E-state index in [0.717, 1.165) is 5.56 Å². The van der Waals surface area contributed by atoms with Crippen molar-refractivity contribution in [2.75, 3.05) is 7.05 Å². The molecule has 0 saturated heterocycles. The molecular weight excluding hydrogens is 302 g/mol. The molecule has 0 heterocycles. The second-order valence-electron chi connectivity index (χ2n) is 5.74. The normalized spacial score (nSPS) is 14.6. The van der Waals surface area contributed by atoms with E-state index in [-0.39, 0.29) is 16.8 Å². The topological polar surface area (TPSA) is 101 Å². The van der Waals surface area contributed by atoms with Crippen molar-refractivity contribution < 1.29 is 13.2 Å². The number of nitrogens with one attached hydrogen (secondary N) is 2. The van der Waals surface area contributed by atoms with Crippen LogP contribution in [0.2, 0.25) is 0 Å². The molecule has 22 heavy (non-hydrogen) atoms. The lowest BCUT2D eigenvalue weighted by Gasteiger charge is -2.19. The molecule has 124 valence electrons.